The van der Waals surface area contributed by atoms with Crippen molar-refractivity contribution in [3.63, 3.8) is 0 Å². The van der Waals surface area contributed by atoms with E-state index in [9.17, 15) is 4.79 Å². The minimum Gasteiger partial charge on any atom is -0.377 e. The Hall–Kier alpha value is -1.11. The van der Waals surface area contributed by atoms with Gasteiger partial charge in [0, 0.05) is 27.0 Å². The van der Waals surface area contributed by atoms with Crippen LogP contribution in [0.15, 0.2) is 42.5 Å². The Morgan fingerprint density at radius 2 is 2.05 bits per heavy atom. The lowest BCUT2D eigenvalue weighted by Crippen LogP contribution is -2.13. The summed E-state index contributed by atoms with van der Waals surface area (Å²) in [7, 11) is 0. The van der Waals surface area contributed by atoms with Crippen LogP contribution in [0.25, 0.3) is 0 Å². The van der Waals surface area contributed by atoms with Crippen LogP contribution in [0.2, 0.25) is 5.02 Å². The molecule has 0 atom stereocenters. The number of hydrogen-bond donors (Lipinski definition) is 1. The molecule has 1 amide bonds. The van der Waals surface area contributed by atoms with Crippen LogP contribution >= 0.6 is 34.2 Å². The second-order valence-electron chi connectivity index (χ2n) is 4.38. The Bertz CT molecular complexity index is 646. The lowest BCUT2D eigenvalue weighted by Gasteiger charge is -2.11. The number of ether oxygens (including phenoxy) is 1. The minimum absolute atomic E-state index is 0.183. The summed E-state index contributed by atoms with van der Waals surface area (Å²) in [6, 6.07) is 12.9. The van der Waals surface area contributed by atoms with Gasteiger partial charge < -0.3 is 10.1 Å². The van der Waals surface area contributed by atoms with Gasteiger partial charge in [-0.1, -0.05) is 29.8 Å². The van der Waals surface area contributed by atoms with Crippen molar-refractivity contribution in [2.24, 2.45) is 0 Å². The number of anilines is 1. The topological polar surface area (TPSA) is 38.3 Å². The van der Waals surface area contributed by atoms with Crippen molar-refractivity contribution < 1.29 is 9.53 Å². The third kappa shape index (κ3) is 4.43. The van der Waals surface area contributed by atoms with Crippen LogP contribution in [-0.2, 0) is 11.3 Å². The Labute approximate surface area is 142 Å². The quantitative estimate of drug-likeness (QED) is 0.717. The van der Waals surface area contributed by atoms with Crippen LogP contribution in [0.1, 0.15) is 22.8 Å². The molecule has 0 aliphatic heterocycles. The first kappa shape index (κ1) is 16.3. The van der Waals surface area contributed by atoms with E-state index in [-0.39, 0.29) is 5.91 Å². The molecule has 0 radical (unpaired) electrons. The second kappa shape index (κ2) is 7.77. The molecule has 0 spiro atoms. The van der Waals surface area contributed by atoms with Gasteiger partial charge in [0.25, 0.3) is 5.91 Å². The van der Waals surface area contributed by atoms with E-state index in [1.54, 1.807) is 12.1 Å². The fourth-order valence-corrected chi connectivity index (χ4v) is 2.33. The Kier molecular flexibility index (Phi) is 6.02. The SMILES string of the molecule is CCOCc1ccccc1NC(=O)c1ccc(I)c(Cl)c1. The molecule has 0 saturated carbocycles. The summed E-state index contributed by atoms with van der Waals surface area (Å²) in [4.78, 5) is 12.3. The number of halogens is 2. The van der Waals surface area contributed by atoms with Crippen molar-refractivity contribution in [1.29, 1.82) is 0 Å². The zero-order chi connectivity index (χ0) is 15.2. The van der Waals surface area contributed by atoms with Gasteiger partial charge in [0.2, 0.25) is 0 Å². The molecule has 21 heavy (non-hydrogen) atoms. The minimum atomic E-state index is -0.183. The van der Waals surface area contributed by atoms with Crippen molar-refractivity contribution >= 4 is 45.8 Å². The normalized spacial score (nSPS) is 10.4. The number of nitrogens with one attached hydrogen (secondary N) is 1. The first-order valence-corrected chi connectivity index (χ1v) is 7.99. The van der Waals surface area contributed by atoms with E-state index in [0.29, 0.717) is 23.8 Å². The van der Waals surface area contributed by atoms with Crippen LogP contribution in [-0.4, -0.2) is 12.5 Å². The molecule has 0 aliphatic carbocycles. The number of para-hydroxylation sites is 1. The van der Waals surface area contributed by atoms with E-state index >= 15 is 0 Å². The average molecular weight is 416 g/mol. The van der Waals surface area contributed by atoms with Crippen molar-refractivity contribution in [3.05, 3.63) is 62.2 Å². The van der Waals surface area contributed by atoms with Gasteiger partial charge in [0.05, 0.1) is 11.6 Å². The van der Waals surface area contributed by atoms with Gasteiger partial charge in [0.1, 0.15) is 0 Å². The Balaban J connectivity index is 2.17. The number of benzene rings is 2. The van der Waals surface area contributed by atoms with Gasteiger partial charge in [-0.2, -0.15) is 0 Å². The Morgan fingerprint density at radius 1 is 1.29 bits per heavy atom. The third-order valence-electron chi connectivity index (χ3n) is 2.91. The molecule has 0 unspecified atom stereocenters. The fourth-order valence-electron chi connectivity index (χ4n) is 1.81. The van der Waals surface area contributed by atoms with Crippen LogP contribution in [0.4, 0.5) is 5.69 Å². The smallest absolute Gasteiger partial charge is 0.255 e. The van der Waals surface area contributed by atoms with Gasteiger partial charge in [-0.25, -0.2) is 0 Å². The zero-order valence-corrected chi connectivity index (χ0v) is 14.4. The highest BCUT2D eigenvalue weighted by atomic mass is 127. The Morgan fingerprint density at radius 3 is 2.76 bits per heavy atom. The summed E-state index contributed by atoms with van der Waals surface area (Å²) in [6.07, 6.45) is 0. The summed E-state index contributed by atoms with van der Waals surface area (Å²) in [5.41, 5.74) is 2.24. The van der Waals surface area contributed by atoms with Gasteiger partial charge >= 0.3 is 0 Å². The molecule has 5 heteroatoms. The molecule has 0 saturated heterocycles. The predicted octanol–water partition coefficient (Wildman–Crippen LogP) is 4.73. The maximum absolute atomic E-state index is 12.3. The summed E-state index contributed by atoms with van der Waals surface area (Å²) in [6.45, 7) is 3.05. The number of carbonyl (C=O) groups is 1. The maximum atomic E-state index is 12.3. The predicted molar refractivity (Wildman–Crippen MR) is 93.9 cm³/mol. The molecule has 110 valence electrons. The summed E-state index contributed by atoms with van der Waals surface area (Å²) in [5.74, 6) is -0.183. The second-order valence-corrected chi connectivity index (χ2v) is 5.95. The largest absolute Gasteiger partial charge is 0.377 e. The summed E-state index contributed by atoms with van der Waals surface area (Å²) in [5, 5.41) is 3.48. The summed E-state index contributed by atoms with van der Waals surface area (Å²) >= 11 is 8.18. The molecule has 1 N–H and O–H groups in total. The van der Waals surface area contributed by atoms with E-state index in [0.717, 1.165) is 14.8 Å². The van der Waals surface area contributed by atoms with E-state index < -0.39 is 0 Å². The fraction of sp³-hybridized carbons (Fsp3) is 0.188. The highest BCUT2D eigenvalue weighted by Crippen LogP contribution is 2.21. The first-order valence-electron chi connectivity index (χ1n) is 6.54. The molecule has 3 nitrogen and oxygen atoms in total. The lowest BCUT2D eigenvalue weighted by atomic mass is 10.1. The number of carbonyl (C=O) groups excluding carboxylic acids is 1. The van der Waals surface area contributed by atoms with Crippen LogP contribution in [0, 0.1) is 3.57 Å². The molecule has 2 rings (SSSR count). The maximum Gasteiger partial charge on any atom is 0.255 e. The molecular formula is C16H15ClINO2. The van der Waals surface area contributed by atoms with E-state index in [4.69, 9.17) is 16.3 Å². The van der Waals surface area contributed by atoms with Crippen LogP contribution < -0.4 is 5.32 Å². The van der Waals surface area contributed by atoms with E-state index in [2.05, 4.69) is 27.9 Å². The highest BCUT2D eigenvalue weighted by Gasteiger charge is 2.10. The molecule has 0 fully saturated rings. The molecule has 0 aromatic heterocycles. The van der Waals surface area contributed by atoms with Crippen molar-refractivity contribution in [2.75, 3.05) is 11.9 Å². The van der Waals surface area contributed by atoms with Crippen molar-refractivity contribution in [3.8, 4) is 0 Å². The molecule has 0 heterocycles. The van der Waals surface area contributed by atoms with Gasteiger partial charge in [0.15, 0.2) is 0 Å². The van der Waals surface area contributed by atoms with Crippen LogP contribution in [0.3, 0.4) is 0 Å². The average Bonchev–Trinajstić information content (AvgIpc) is 2.49. The number of rotatable bonds is 5. The third-order valence-corrected chi connectivity index (χ3v) is 4.48. The standard InChI is InChI=1S/C16H15ClINO2/c1-2-21-10-12-5-3-4-6-15(12)19-16(20)11-7-8-14(18)13(17)9-11/h3-9H,2,10H2,1H3,(H,19,20). The highest BCUT2D eigenvalue weighted by molar-refractivity contribution is 14.1. The monoisotopic (exact) mass is 415 g/mol. The molecular weight excluding hydrogens is 401 g/mol. The zero-order valence-electron chi connectivity index (χ0n) is 11.5. The molecule has 2 aromatic carbocycles. The van der Waals surface area contributed by atoms with E-state index in [1.807, 2.05) is 37.3 Å². The van der Waals surface area contributed by atoms with E-state index in [1.165, 1.54) is 0 Å². The van der Waals surface area contributed by atoms with Gasteiger partial charge in [-0.05, 0) is 53.8 Å². The molecule has 0 bridgehead atoms. The van der Waals surface area contributed by atoms with Crippen molar-refractivity contribution in [1.82, 2.24) is 0 Å². The van der Waals surface area contributed by atoms with Gasteiger partial charge in [-0.15, -0.1) is 0 Å². The van der Waals surface area contributed by atoms with Crippen molar-refractivity contribution in [2.45, 2.75) is 13.5 Å². The summed E-state index contributed by atoms with van der Waals surface area (Å²) < 4.78 is 6.33. The van der Waals surface area contributed by atoms with Gasteiger partial charge in [-0.3, -0.25) is 4.79 Å². The number of hydrogen-bond acceptors (Lipinski definition) is 2. The van der Waals surface area contributed by atoms with Crippen LogP contribution in [0.5, 0.6) is 0 Å². The first-order chi connectivity index (χ1) is 10.1. The number of amides is 1. The molecule has 0 aliphatic rings. The molecule has 2 aromatic rings. The lowest BCUT2D eigenvalue weighted by molar-refractivity contribution is 0.102.